The number of amides is 1. The van der Waals surface area contributed by atoms with E-state index >= 15 is 0 Å². The Morgan fingerprint density at radius 2 is 2.25 bits per heavy atom. The number of aliphatic imine (C=N–C) groups is 1. The van der Waals surface area contributed by atoms with E-state index in [0.29, 0.717) is 16.7 Å². The Kier molecular flexibility index (Phi) is 5.87. The second kappa shape index (κ2) is 8.22. The molecule has 7 nitrogen and oxygen atoms in total. The number of halogens is 1. The van der Waals surface area contributed by atoms with E-state index in [1.165, 1.54) is 11.8 Å². The molecule has 2 fully saturated rings. The predicted octanol–water partition coefficient (Wildman–Crippen LogP) is 1.71. The van der Waals surface area contributed by atoms with E-state index in [1.807, 2.05) is 17.0 Å². The van der Waals surface area contributed by atoms with Crippen LogP contribution in [0.3, 0.4) is 0 Å². The van der Waals surface area contributed by atoms with Gasteiger partial charge in [0.25, 0.3) is 0 Å². The normalized spacial score (nSPS) is 28.0. The number of benzene rings is 1. The molecule has 0 saturated carbocycles. The number of nitrogens with zero attached hydrogens (tertiary/aromatic N) is 2. The van der Waals surface area contributed by atoms with Crippen LogP contribution in [-0.2, 0) is 19.4 Å². The molecule has 1 aromatic rings. The predicted molar refractivity (Wildman–Crippen MR) is 112 cm³/mol. The maximum atomic E-state index is 12.6. The maximum Gasteiger partial charge on any atom is 0.240 e. The average molecular weight is 444 g/mol. The van der Waals surface area contributed by atoms with Crippen LogP contribution in [0, 0.1) is 0 Å². The van der Waals surface area contributed by atoms with Crippen molar-refractivity contribution in [1.82, 2.24) is 5.32 Å². The Morgan fingerprint density at radius 3 is 2.96 bits per heavy atom. The molecule has 1 amide bonds. The van der Waals surface area contributed by atoms with E-state index in [4.69, 9.17) is 16.3 Å². The van der Waals surface area contributed by atoms with Gasteiger partial charge in [-0.15, -0.1) is 0 Å². The summed E-state index contributed by atoms with van der Waals surface area (Å²) in [6.45, 7) is 1.32. The third-order valence-corrected chi connectivity index (χ3v) is 8.49. The summed E-state index contributed by atoms with van der Waals surface area (Å²) >= 11 is 7.57. The van der Waals surface area contributed by atoms with Crippen molar-refractivity contribution in [2.45, 2.75) is 30.2 Å². The summed E-state index contributed by atoms with van der Waals surface area (Å²) in [5.74, 6) is 0.0654. The van der Waals surface area contributed by atoms with Gasteiger partial charge in [0, 0.05) is 29.1 Å². The SMILES string of the molecule is O=C(CN(C1=N[C@@H]2CS(=O)(=O)C[C@H]2S1)c1cccc(Cl)c1)NC[C@H]1CCCO1. The highest BCUT2D eigenvalue weighted by Gasteiger charge is 2.44. The van der Waals surface area contributed by atoms with Crippen molar-refractivity contribution >= 4 is 50.0 Å². The summed E-state index contributed by atoms with van der Waals surface area (Å²) in [5, 5.41) is 4.07. The number of fused-ring (bicyclic) bond motifs is 1. The number of anilines is 1. The Morgan fingerprint density at radius 1 is 1.39 bits per heavy atom. The first-order chi connectivity index (χ1) is 13.4. The summed E-state index contributed by atoms with van der Waals surface area (Å²) in [6.07, 6.45) is 2.05. The van der Waals surface area contributed by atoms with Crippen LogP contribution in [0.2, 0.25) is 5.02 Å². The number of hydrogen-bond donors (Lipinski definition) is 1. The van der Waals surface area contributed by atoms with Gasteiger partial charge in [0.2, 0.25) is 5.91 Å². The first-order valence-electron chi connectivity index (χ1n) is 9.26. The molecule has 1 aromatic carbocycles. The molecule has 2 saturated heterocycles. The molecule has 10 heteroatoms. The monoisotopic (exact) mass is 443 g/mol. The molecule has 0 unspecified atom stereocenters. The van der Waals surface area contributed by atoms with E-state index in [9.17, 15) is 13.2 Å². The molecule has 4 rings (SSSR count). The number of carbonyl (C=O) groups is 1. The number of amidine groups is 1. The molecule has 3 aliphatic heterocycles. The average Bonchev–Trinajstić information content (AvgIpc) is 3.32. The third kappa shape index (κ3) is 4.64. The topological polar surface area (TPSA) is 88.1 Å². The van der Waals surface area contributed by atoms with Crippen LogP contribution in [0.25, 0.3) is 0 Å². The second-order valence-electron chi connectivity index (χ2n) is 7.22. The van der Waals surface area contributed by atoms with Crippen molar-refractivity contribution in [1.29, 1.82) is 0 Å². The van der Waals surface area contributed by atoms with Crippen LogP contribution in [0.4, 0.5) is 5.69 Å². The molecule has 0 radical (unpaired) electrons. The fourth-order valence-corrected chi connectivity index (χ4v) is 7.58. The zero-order valence-corrected chi connectivity index (χ0v) is 17.6. The van der Waals surface area contributed by atoms with Crippen LogP contribution in [-0.4, -0.2) is 68.1 Å². The van der Waals surface area contributed by atoms with E-state index in [1.54, 1.807) is 12.1 Å². The van der Waals surface area contributed by atoms with Crippen molar-refractivity contribution in [3.63, 3.8) is 0 Å². The molecule has 1 N–H and O–H groups in total. The van der Waals surface area contributed by atoms with Crippen LogP contribution in [0.5, 0.6) is 0 Å². The van der Waals surface area contributed by atoms with E-state index in [2.05, 4.69) is 10.3 Å². The minimum Gasteiger partial charge on any atom is -0.376 e. The molecule has 0 aromatic heterocycles. The molecule has 3 aliphatic rings. The minimum atomic E-state index is -3.03. The zero-order valence-electron chi connectivity index (χ0n) is 15.2. The molecule has 3 heterocycles. The van der Waals surface area contributed by atoms with Gasteiger partial charge in [-0.1, -0.05) is 29.4 Å². The number of hydrogen-bond acceptors (Lipinski definition) is 7. The highest BCUT2D eigenvalue weighted by Crippen LogP contribution is 2.37. The summed E-state index contributed by atoms with van der Waals surface area (Å²) in [6, 6.07) is 6.99. The molecule has 0 spiro atoms. The van der Waals surface area contributed by atoms with E-state index < -0.39 is 9.84 Å². The lowest BCUT2D eigenvalue weighted by Gasteiger charge is -2.24. The van der Waals surface area contributed by atoms with Gasteiger partial charge in [0.05, 0.1) is 23.7 Å². The summed E-state index contributed by atoms with van der Waals surface area (Å²) in [5.41, 5.74) is 0.758. The number of nitrogens with one attached hydrogen (secondary N) is 1. The number of ether oxygens (including phenoxy) is 1. The maximum absolute atomic E-state index is 12.6. The van der Waals surface area contributed by atoms with Crippen molar-refractivity contribution in [3.8, 4) is 0 Å². The lowest BCUT2D eigenvalue weighted by molar-refractivity contribution is -0.120. The molecule has 152 valence electrons. The third-order valence-electron chi connectivity index (χ3n) is 5.01. The second-order valence-corrected chi connectivity index (χ2v) is 11.0. The highest BCUT2D eigenvalue weighted by atomic mass is 35.5. The first-order valence-corrected chi connectivity index (χ1v) is 12.3. The van der Waals surface area contributed by atoms with Gasteiger partial charge in [0.15, 0.2) is 15.0 Å². The molecule has 0 aliphatic carbocycles. The minimum absolute atomic E-state index is 0.0722. The molecule has 0 bridgehead atoms. The van der Waals surface area contributed by atoms with E-state index in [-0.39, 0.29) is 41.4 Å². The van der Waals surface area contributed by atoms with Crippen molar-refractivity contribution in [2.24, 2.45) is 4.99 Å². The number of rotatable bonds is 5. The fraction of sp³-hybridized carbons (Fsp3) is 0.556. The molecule has 3 atom stereocenters. The van der Waals surface area contributed by atoms with E-state index in [0.717, 1.165) is 25.1 Å². The Bertz CT molecular complexity index is 887. The Labute approximate surface area is 173 Å². The number of carbonyl (C=O) groups excluding carboxylic acids is 1. The lowest BCUT2D eigenvalue weighted by atomic mass is 10.2. The highest BCUT2D eigenvalue weighted by molar-refractivity contribution is 8.15. The van der Waals surface area contributed by atoms with Gasteiger partial charge in [-0.3, -0.25) is 9.79 Å². The van der Waals surface area contributed by atoms with Crippen LogP contribution < -0.4 is 10.2 Å². The first kappa shape index (κ1) is 20.0. The Hall–Kier alpha value is -1.29. The van der Waals surface area contributed by atoms with Gasteiger partial charge in [-0.25, -0.2) is 8.42 Å². The van der Waals surface area contributed by atoms with Crippen molar-refractivity contribution < 1.29 is 17.9 Å². The quantitative estimate of drug-likeness (QED) is 0.745. The lowest BCUT2D eigenvalue weighted by Crippen LogP contribution is -2.42. The number of thioether (sulfide) groups is 1. The number of sulfone groups is 1. The molecular weight excluding hydrogens is 422 g/mol. The molecule has 28 heavy (non-hydrogen) atoms. The summed E-state index contributed by atoms with van der Waals surface area (Å²) in [4.78, 5) is 19.0. The van der Waals surface area contributed by atoms with Crippen LogP contribution in [0.15, 0.2) is 29.3 Å². The van der Waals surface area contributed by atoms with Gasteiger partial charge < -0.3 is 15.0 Å². The van der Waals surface area contributed by atoms with Crippen LogP contribution in [0.1, 0.15) is 12.8 Å². The summed E-state index contributed by atoms with van der Waals surface area (Å²) < 4.78 is 29.2. The summed E-state index contributed by atoms with van der Waals surface area (Å²) in [7, 11) is -3.03. The van der Waals surface area contributed by atoms with Gasteiger partial charge in [0.1, 0.15) is 6.54 Å². The van der Waals surface area contributed by atoms with Crippen molar-refractivity contribution in [3.05, 3.63) is 29.3 Å². The van der Waals surface area contributed by atoms with Gasteiger partial charge in [-0.2, -0.15) is 0 Å². The zero-order chi connectivity index (χ0) is 19.7. The van der Waals surface area contributed by atoms with Crippen LogP contribution >= 0.6 is 23.4 Å². The largest absolute Gasteiger partial charge is 0.376 e. The van der Waals surface area contributed by atoms with Crippen molar-refractivity contribution in [2.75, 3.05) is 36.1 Å². The van der Waals surface area contributed by atoms with Gasteiger partial charge in [-0.05, 0) is 31.0 Å². The smallest absolute Gasteiger partial charge is 0.240 e. The van der Waals surface area contributed by atoms with Gasteiger partial charge >= 0.3 is 0 Å². The molecular formula is C18H22ClN3O4S2. The standard InChI is InChI=1S/C18H22ClN3O4S2/c19-12-3-1-4-13(7-12)22(9-17(23)20-8-14-5-2-6-26-14)18-21-15-10-28(24,25)11-16(15)27-18/h1,3-4,7,14-16H,2,5-6,8-11H2,(H,20,23)/t14-,15-,16-/m1/s1. The Balaban J connectivity index is 1.49. The fourth-order valence-electron chi connectivity index (χ4n) is 3.62.